The molecular formula is C21H27N3O3. The molecule has 2 aromatic rings. The minimum absolute atomic E-state index is 0.0787. The third kappa shape index (κ3) is 4.76. The summed E-state index contributed by atoms with van der Waals surface area (Å²) in [5.41, 5.74) is 5.50. The summed E-state index contributed by atoms with van der Waals surface area (Å²) in [6.07, 6.45) is 2.73. The molecule has 0 aliphatic heterocycles. The van der Waals surface area contributed by atoms with Crippen LogP contribution < -0.4 is 0 Å². The van der Waals surface area contributed by atoms with Crippen molar-refractivity contribution in [2.24, 2.45) is 0 Å². The highest BCUT2D eigenvalue weighted by molar-refractivity contribution is 5.82. The molecule has 6 heteroatoms. The lowest BCUT2D eigenvalue weighted by Gasteiger charge is -2.20. The molecule has 0 unspecified atom stereocenters. The van der Waals surface area contributed by atoms with E-state index in [-0.39, 0.29) is 18.5 Å². The van der Waals surface area contributed by atoms with E-state index >= 15 is 0 Å². The fraction of sp³-hybridized carbons (Fsp3) is 0.476. The van der Waals surface area contributed by atoms with Crippen LogP contribution in [0.4, 0.5) is 0 Å². The van der Waals surface area contributed by atoms with Gasteiger partial charge < -0.3 is 10.0 Å². The second-order valence-electron chi connectivity index (χ2n) is 7.44. The first-order chi connectivity index (χ1) is 12.8. The van der Waals surface area contributed by atoms with Crippen LogP contribution >= 0.6 is 0 Å². The van der Waals surface area contributed by atoms with Gasteiger partial charge in [0, 0.05) is 18.2 Å². The van der Waals surface area contributed by atoms with Crippen molar-refractivity contribution >= 4 is 11.9 Å². The molecule has 0 atom stereocenters. The van der Waals surface area contributed by atoms with E-state index in [4.69, 9.17) is 5.11 Å². The molecule has 0 bridgehead atoms. The smallest absolute Gasteiger partial charge is 0.323 e. The first-order valence-corrected chi connectivity index (χ1v) is 9.45. The quantitative estimate of drug-likeness (QED) is 0.776. The van der Waals surface area contributed by atoms with Gasteiger partial charge in [-0.25, -0.2) is 0 Å². The number of aromatic nitrogens is 2. The Morgan fingerprint density at radius 1 is 1.19 bits per heavy atom. The number of benzene rings is 1. The molecule has 1 saturated carbocycles. The van der Waals surface area contributed by atoms with Crippen LogP contribution in [0.1, 0.15) is 47.3 Å². The number of carbonyl (C=O) groups excluding carboxylic acids is 1. The maximum Gasteiger partial charge on any atom is 0.323 e. The van der Waals surface area contributed by atoms with Crippen LogP contribution in [-0.2, 0) is 22.6 Å². The minimum atomic E-state index is -0.950. The average Bonchev–Trinajstić information content (AvgIpc) is 3.41. The Balaban J connectivity index is 1.66. The van der Waals surface area contributed by atoms with Gasteiger partial charge in [0.15, 0.2) is 0 Å². The summed E-state index contributed by atoms with van der Waals surface area (Å²) in [6.45, 7) is 6.57. The second-order valence-corrected chi connectivity index (χ2v) is 7.44. The zero-order valence-corrected chi connectivity index (χ0v) is 16.2. The van der Waals surface area contributed by atoms with E-state index in [9.17, 15) is 9.59 Å². The first-order valence-electron chi connectivity index (χ1n) is 9.45. The number of hydrogen-bond donors (Lipinski definition) is 1. The lowest BCUT2D eigenvalue weighted by Crippen LogP contribution is -2.37. The third-order valence-corrected chi connectivity index (χ3v) is 5.19. The van der Waals surface area contributed by atoms with Gasteiger partial charge in [-0.05, 0) is 51.2 Å². The van der Waals surface area contributed by atoms with E-state index in [0.29, 0.717) is 19.4 Å². The van der Waals surface area contributed by atoms with E-state index in [1.165, 1.54) is 16.0 Å². The SMILES string of the molecule is Cc1ccc(Cn2nc(C)c(CCC(=O)N(CC(=O)O)C3CC3)c2C)cc1. The molecule has 1 aromatic carbocycles. The fourth-order valence-electron chi connectivity index (χ4n) is 3.44. The topological polar surface area (TPSA) is 75.4 Å². The lowest BCUT2D eigenvalue weighted by atomic mass is 10.1. The molecule has 144 valence electrons. The molecule has 1 amide bonds. The maximum absolute atomic E-state index is 12.5. The Morgan fingerprint density at radius 2 is 1.85 bits per heavy atom. The molecule has 1 aliphatic carbocycles. The van der Waals surface area contributed by atoms with Gasteiger partial charge in [-0.15, -0.1) is 0 Å². The van der Waals surface area contributed by atoms with Gasteiger partial charge in [-0.2, -0.15) is 5.10 Å². The number of hydrogen-bond acceptors (Lipinski definition) is 3. The van der Waals surface area contributed by atoms with Crippen LogP contribution in [0.5, 0.6) is 0 Å². The van der Waals surface area contributed by atoms with Gasteiger partial charge in [0.25, 0.3) is 0 Å². The minimum Gasteiger partial charge on any atom is -0.480 e. The van der Waals surface area contributed by atoms with Gasteiger partial charge in [0.05, 0.1) is 12.2 Å². The van der Waals surface area contributed by atoms with Crippen molar-refractivity contribution in [2.75, 3.05) is 6.54 Å². The third-order valence-electron chi connectivity index (χ3n) is 5.19. The molecule has 6 nitrogen and oxygen atoms in total. The van der Waals surface area contributed by atoms with Crippen LogP contribution in [0.2, 0.25) is 0 Å². The Kier molecular flexibility index (Phi) is 5.63. The maximum atomic E-state index is 12.5. The second kappa shape index (κ2) is 7.94. The summed E-state index contributed by atoms with van der Waals surface area (Å²) < 4.78 is 1.98. The highest BCUT2D eigenvalue weighted by atomic mass is 16.4. The van der Waals surface area contributed by atoms with E-state index in [0.717, 1.165) is 29.8 Å². The average molecular weight is 369 g/mol. The van der Waals surface area contributed by atoms with Crippen molar-refractivity contribution in [1.29, 1.82) is 0 Å². The molecule has 3 rings (SSSR count). The summed E-state index contributed by atoms with van der Waals surface area (Å²) in [5, 5.41) is 13.7. The van der Waals surface area contributed by atoms with E-state index in [1.54, 1.807) is 0 Å². The highest BCUT2D eigenvalue weighted by Gasteiger charge is 2.33. The molecular weight excluding hydrogens is 342 g/mol. The molecule has 0 radical (unpaired) electrons. The van der Waals surface area contributed by atoms with Crippen LogP contribution in [0.3, 0.4) is 0 Å². The van der Waals surface area contributed by atoms with Crippen molar-refractivity contribution in [3.05, 3.63) is 52.3 Å². The number of aliphatic carboxylic acids is 1. The fourth-order valence-corrected chi connectivity index (χ4v) is 3.44. The Bertz CT molecular complexity index is 835. The zero-order valence-electron chi connectivity index (χ0n) is 16.2. The van der Waals surface area contributed by atoms with Crippen molar-refractivity contribution in [2.45, 2.75) is 59.0 Å². The molecule has 1 fully saturated rings. The first kappa shape index (κ1) is 19.1. The summed E-state index contributed by atoms with van der Waals surface area (Å²) >= 11 is 0. The van der Waals surface area contributed by atoms with E-state index < -0.39 is 5.97 Å². The lowest BCUT2D eigenvalue weighted by molar-refractivity contribution is -0.144. The number of carboxylic acid groups (broad SMARTS) is 1. The van der Waals surface area contributed by atoms with Gasteiger partial charge in [-0.1, -0.05) is 29.8 Å². The number of aryl methyl sites for hydroxylation is 2. The summed E-state index contributed by atoms with van der Waals surface area (Å²) in [6, 6.07) is 8.51. The molecule has 0 saturated heterocycles. The zero-order chi connectivity index (χ0) is 19.6. The monoisotopic (exact) mass is 369 g/mol. The van der Waals surface area contributed by atoms with E-state index in [2.05, 4.69) is 36.3 Å². The Labute approximate surface area is 159 Å². The van der Waals surface area contributed by atoms with Crippen LogP contribution in [0.25, 0.3) is 0 Å². The number of nitrogens with zero attached hydrogens (tertiary/aromatic N) is 3. The van der Waals surface area contributed by atoms with Crippen molar-refractivity contribution in [3.63, 3.8) is 0 Å². The van der Waals surface area contributed by atoms with Crippen LogP contribution in [-0.4, -0.2) is 44.3 Å². The normalized spacial score (nSPS) is 13.6. The molecule has 27 heavy (non-hydrogen) atoms. The van der Waals surface area contributed by atoms with Gasteiger partial charge >= 0.3 is 5.97 Å². The standard InChI is InChI=1S/C21H27N3O3/c1-14-4-6-17(7-5-14)12-24-16(3)19(15(2)22-24)10-11-20(25)23(13-21(26)27)18-8-9-18/h4-7,18H,8-13H2,1-3H3,(H,26,27). The number of amides is 1. The molecule has 1 aliphatic rings. The van der Waals surface area contributed by atoms with Crippen LogP contribution in [0, 0.1) is 20.8 Å². The van der Waals surface area contributed by atoms with Crippen molar-refractivity contribution < 1.29 is 14.7 Å². The number of carbonyl (C=O) groups is 2. The predicted octanol–water partition coefficient (Wildman–Crippen LogP) is 2.86. The molecule has 1 N–H and O–H groups in total. The van der Waals surface area contributed by atoms with Gasteiger partial charge in [0.2, 0.25) is 5.91 Å². The molecule has 1 aromatic heterocycles. The largest absolute Gasteiger partial charge is 0.480 e. The van der Waals surface area contributed by atoms with Crippen molar-refractivity contribution in [3.8, 4) is 0 Å². The number of carboxylic acids is 1. The number of rotatable bonds is 8. The Hall–Kier alpha value is -2.63. The summed E-state index contributed by atoms with van der Waals surface area (Å²) in [7, 11) is 0. The summed E-state index contributed by atoms with van der Waals surface area (Å²) in [5.74, 6) is -1.03. The Morgan fingerprint density at radius 3 is 2.44 bits per heavy atom. The molecule has 0 spiro atoms. The van der Waals surface area contributed by atoms with E-state index in [1.807, 2.05) is 18.5 Å². The molecule has 1 heterocycles. The van der Waals surface area contributed by atoms with Gasteiger partial charge in [0.1, 0.15) is 6.54 Å². The summed E-state index contributed by atoms with van der Waals surface area (Å²) in [4.78, 5) is 25.1. The van der Waals surface area contributed by atoms with Crippen molar-refractivity contribution in [1.82, 2.24) is 14.7 Å². The predicted molar refractivity (Wildman–Crippen MR) is 103 cm³/mol. The van der Waals surface area contributed by atoms with Gasteiger partial charge in [-0.3, -0.25) is 14.3 Å². The highest BCUT2D eigenvalue weighted by Crippen LogP contribution is 2.27. The van der Waals surface area contributed by atoms with Crippen LogP contribution in [0.15, 0.2) is 24.3 Å².